The van der Waals surface area contributed by atoms with E-state index in [0.717, 1.165) is 0 Å². The van der Waals surface area contributed by atoms with E-state index in [0.29, 0.717) is 5.69 Å². The number of anilines is 1. The zero-order valence-corrected chi connectivity index (χ0v) is 15.4. The molecule has 140 valence electrons. The van der Waals surface area contributed by atoms with Gasteiger partial charge in [-0.25, -0.2) is 8.42 Å². The largest absolute Gasteiger partial charge is 0.455 e. The second kappa shape index (κ2) is 8.11. The number of rotatable bonds is 7. The van der Waals surface area contributed by atoms with Crippen molar-refractivity contribution in [1.82, 2.24) is 9.88 Å². The Morgan fingerprint density at radius 2 is 1.88 bits per heavy atom. The van der Waals surface area contributed by atoms with Gasteiger partial charge in [-0.2, -0.15) is 4.72 Å². The van der Waals surface area contributed by atoms with Gasteiger partial charge in [0.05, 0.1) is 0 Å². The minimum atomic E-state index is -3.97. The molecule has 0 aliphatic heterocycles. The number of para-hydroxylation sites is 1. The molecule has 0 atom stereocenters. The summed E-state index contributed by atoms with van der Waals surface area (Å²) in [6.07, 6.45) is 0. The van der Waals surface area contributed by atoms with Gasteiger partial charge in [-0.3, -0.25) is 9.59 Å². The van der Waals surface area contributed by atoms with Gasteiger partial charge in [0.15, 0.2) is 12.4 Å². The fourth-order valence-electron chi connectivity index (χ4n) is 2.17. The van der Waals surface area contributed by atoms with Crippen LogP contribution >= 0.6 is 0 Å². The number of carbonyl (C=O) groups is 2. The monoisotopic (exact) mass is 381 g/mol. The molecular weight excluding hydrogens is 362 g/mol. The van der Waals surface area contributed by atoms with Crippen LogP contribution in [0.4, 0.5) is 5.69 Å². The van der Waals surface area contributed by atoms with E-state index in [4.69, 9.17) is 9.26 Å². The van der Waals surface area contributed by atoms with E-state index < -0.39 is 35.1 Å². The molecule has 2 aromatic rings. The van der Waals surface area contributed by atoms with Gasteiger partial charge in [0.2, 0.25) is 10.0 Å². The third-order valence-corrected chi connectivity index (χ3v) is 5.16. The lowest BCUT2D eigenvalue weighted by Gasteiger charge is -2.17. The fraction of sp³-hybridized carbons (Fsp3) is 0.312. The molecule has 1 amide bonds. The number of hydrogen-bond donors (Lipinski definition) is 1. The fourth-order valence-corrected chi connectivity index (χ4v) is 3.46. The topological polar surface area (TPSA) is 119 Å². The molecule has 0 unspecified atom stereocenters. The van der Waals surface area contributed by atoms with Crippen molar-refractivity contribution in [3.63, 3.8) is 0 Å². The van der Waals surface area contributed by atoms with Crippen molar-refractivity contribution in [2.24, 2.45) is 0 Å². The Kier molecular flexibility index (Phi) is 6.11. The number of likely N-dealkylation sites (N-methyl/N-ethyl adjacent to an activating group) is 1. The number of nitrogens with one attached hydrogen (secondary N) is 1. The molecule has 2 rings (SSSR count). The lowest BCUT2D eigenvalue weighted by Crippen LogP contribution is -2.35. The SMILES string of the molecule is Cc1noc(C)c1S(=O)(=O)NCC(=O)OCC(=O)N(C)c1ccccc1. The second-order valence-electron chi connectivity index (χ2n) is 5.43. The zero-order valence-electron chi connectivity index (χ0n) is 14.6. The molecule has 1 aromatic carbocycles. The van der Waals surface area contributed by atoms with Gasteiger partial charge in [-0.1, -0.05) is 23.4 Å². The molecule has 0 aliphatic carbocycles. The van der Waals surface area contributed by atoms with E-state index in [1.165, 1.54) is 18.7 Å². The van der Waals surface area contributed by atoms with Crippen LogP contribution in [0.5, 0.6) is 0 Å². The van der Waals surface area contributed by atoms with Crippen LogP contribution in [0.1, 0.15) is 11.5 Å². The summed E-state index contributed by atoms with van der Waals surface area (Å²) in [4.78, 5) is 25.0. The summed E-state index contributed by atoms with van der Waals surface area (Å²) in [7, 11) is -2.43. The van der Waals surface area contributed by atoms with E-state index in [1.807, 2.05) is 6.07 Å². The molecule has 1 aromatic heterocycles. The first-order valence-corrected chi connectivity index (χ1v) is 9.10. The van der Waals surface area contributed by atoms with Gasteiger partial charge in [0, 0.05) is 12.7 Å². The Morgan fingerprint density at radius 1 is 1.23 bits per heavy atom. The highest BCUT2D eigenvalue weighted by Gasteiger charge is 2.25. The van der Waals surface area contributed by atoms with Crippen molar-refractivity contribution in [3.05, 3.63) is 41.8 Å². The summed E-state index contributed by atoms with van der Waals surface area (Å²) >= 11 is 0. The van der Waals surface area contributed by atoms with Gasteiger partial charge < -0.3 is 14.2 Å². The minimum Gasteiger partial charge on any atom is -0.455 e. The van der Waals surface area contributed by atoms with Crippen LogP contribution in [-0.4, -0.2) is 45.7 Å². The number of carbonyl (C=O) groups excluding carboxylic acids is 2. The summed E-state index contributed by atoms with van der Waals surface area (Å²) in [5, 5.41) is 3.56. The molecule has 0 saturated heterocycles. The van der Waals surface area contributed by atoms with Gasteiger partial charge in [0.25, 0.3) is 5.91 Å². The highest BCUT2D eigenvalue weighted by molar-refractivity contribution is 7.89. The molecule has 0 fully saturated rings. The smallest absolute Gasteiger partial charge is 0.321 e. The van der Waals surface area contributed by atoms with Crippen LogP contribution in [0.15, 0.2) is 39.8 Å². The van der Waals surface area contributed by atoms with E-state index in [-0.39, 0.29) is 16.3 Å². The van der Waals surface area contributed by atoms with Crippen LogP contribution in [0.25, 0.3) is 0 Å². The minimum absolute atomic E-state index is 0.114. The number of sulfonamides is 1. The Balaban J connectivity index is 1.86. The highest BCUT2D eigenvalue weighted by atomic mass is 32.2. The molecule has 1 N–H and O–H groups in total. The van der Waals surface area contributed by atoms with Crippen molar-refractivity contribution >= 4 is 27.6 Å². The van der Waals surface area contributed by atoms with Crippen molar-refractivity contribution in [2.75, 3.05) is 25.1 Å². The van der Waals surface area contributed by atoms with Crippen LogP contribution in [-0.2, 0) is 24.3 Å². The van der Waals surface area contributed by atoms with E-state index >= 15 is 0 Å². The molecular formula is C16H19N3O6S. The predicted molar refractivity (Wildman–Crippen MR) is 92.0 cm³/mol. The maximum absolute atomic E-state index is 12.2. The third-order valence-electron chi connectivity index (χ3n) is 3.52. The first kappa shape index (κ1) is 19.6. The Hall–Kier alpha value is -2.72. The van der Waals surface area contributed by atoms with Crippen molar-refractivity contribution in [1.29, 1.82) is 0 Å². The van der Waals surface area contributed by atoms with Crippen molar-refractivity contribution in [3.8, 4) is 0 Å². The number of hydrogen-bond acceptors (Lipinski definition) is 7. The van der Waals surface area contributed by atoms with Crippen LogP contribution in [0.2, 0.25) is 0 Å². The molecule has 0 bridgehead atoms. The molecule has 0 spiro atoms. The summed E-state index contributed by atoms with van der Waals surface area (Å²) in [6.45, 7) is 1.80. The average Bonchev–Trinajstić information content (AvgIpc) is 2.97. The maximum atomic E-state index is 12.2. The second-order valence-corrected chi connectivity index (χ2v) is 7.13. The van der Waals surface area contributed by atoms with E-state index in [9.17, 15) is 18.0 Å². The van der Waals surface area contributed by atoms with Crippen LogP contribution < -0.4 is 9.62 Å². The van der Waals surface area contributed by atoms with Crippen molar-refractivity contribution in [2.45, 2.75) is 18.7 Å². The molecule has 1 heterocycles. The number of esters is 1. The van der Waals surface area contributed by atoms with Gasteiger partial charge >= 0.3 is 5.97 Å². The molecule has 0 saturated carbocycles. The maximum Gasteiger partial charge on any atom is 0.321 e. The van der Waals surface area contributed by atoms with Gasteiger partial charge in [0.1, 0.15) is 17.1 Å². The average molecular weight is 381 g/mol. The van der Waals surface area contributed by atoms with Crippen LogP contribution in [0.3, 0.4) is 0 Å². The normalized spacial score (nSPS) is 11.2. The Morgan fingerprint density at radius 3 is 2.46 bits per heavy atom. The molecule has 10 heteroatoms. The first-order chi connectivity index (χ1) is 12.2. The van der Waals surface area contributed by atoms with Crippen molar-refractivity contribution < 1.29 is 27.3 Å². The highest BCUT2D eigenvalue weighted by Crippen LogP contribution is 2.18. The Labute approximate surface area is 151 Å². The van der Waals surface area contributed by atoms with E-state index in [2.05, 4.69) is 9.88 Å². The third kappa shape index (κ3) is 4.67. The summed E-state index contributed by atoms with van der Waals surface area (Å²) in [5.74, 6) is -1.21. The quantitative estimate of drug-likeness (QED) is 0.704. The first-order valence-electron chi connectivity index (χ1n) is 7.62. The summed E-state index contributed by atoms with van der Waals surface area (Å²) in [5.41, 5.74) is 0.829. The lowest BCUT2D eigenvalue weighted by atomic mass is 10.3. The number of ether oxygens (including phenoxy) is 1. The van der Waals surface area contributed by atoms with E-state index in [1.54, 1.807) is 31.3 Å². The lowest BCUT2D eigenvalue weighted by molar-refractivity contribution is -0.146. The molecule has 9 nitrogen and oxygen atoms in total. The van der Waals surface area contributed by atoms with Crippen LogP contribution in [0, 0.1) is 13.8 Å². The number of aromatic nitrogens is 1. The summed E-state index contributed by atoms with van der Waals surface area (Å²) < 4.78 is 36.1. The summed E-state index contributed by atoms with van der Waals surface area (Å²) in [6, 6.07) is 8.82. The van der Waals surface area contributed by atoms with Gasteiger partial charge in [-0.05, 0) is 26.0 Å². The standard InChI is InChI=1S/C16H19N3O6S/c1-11-16(12(2)25-18-11)26(22,23)17-9-15(21)24-10-14(20)19(3)13-7-5-4-6-8-13/h4-8,17H,9-10H2,1-3H3. The Bertz CT molecular complexity index is 872. The van der Waals surface area contributed by atoms with Gasteiger partial charge in [-0.15, -0.1) is 0 Å². The number of amides is 1. The zero-order chi connectivity index (χ0) is 19.3. The molecule has 0 aliphatic rings. The number of nitrogens with zero attached hydrogens (tertiary/aromatic N) is 2. The molecule has 0 radical (unpaired) electrons. The number of benzene rings is 1. The molecule has 26 heavy (non-hydrogen) atoms. The predicted octanol–water partition coefficient (Wildman–Crippen LogP) is 0.776. The number of aryl methyl sites for hydroxylation is 2.